The van der Waals surface area contributed by atoms with Crippen LogP contribution in [0.2, 0.25) is 0 Å². The second-order valence-electron chi connectivity index (χ2n) is 7.02. The minimum Gasteiger partial charge on any atom is -0.357 e. The van der Waals surface area contributed by atoms with Gasteiger partial charge in [-0.25, -0.2) is 0 Å². The summed E-state index contributed by atoms with van der Waals surface area (Å²) in [6, 6.07) is -1.38. The SMILES string of the molecule is CNC(=O)C(NC(=O)[C@H](CC(C)C)N(C)C(=O)CN(C)C=O)C(C)C. The fraction of sp³-hybridized carbons (Fsp3) is 0.765. The van der Waals surface area contributed by atoms with Crippen LogP contribution in [-0.4, -0.2) is 73.7 Å². The zero-order chi connectivity index (χ0) is 19.7. The molecule has 0 aliphatic carbocycles. The third-order valence-corrected chi connectivity index (χ3v) is 3.92. The van der Waals surface area contributed by atoms with Gasteiger partial charge in [0.25, 0.3) is 0 Å². The molecule has 8 nitrogen and oxygen atoms in total. The molecular formula is C17H32N4O4. The molecule has 0 aliphatic rings. The smallest absolute Gasteiger partial charge is 0.243 e. The topological polar surface area (TPSA) is 98.8 Å². The normalized spacial score (nSPS) is 13.2. The van der Waals surface area contributed by atoms with Crippen LogP contribution in [0.3, 0.4) is 0 Å². The molecule has 0 bridgehead atoms. The molecule has 0 saturated carbocycles. The van der Waals surface area contributed by atoms with Crippen LogP contribution in [0.25, 0.3) is 0 Å². The van der Waals surface area contributed by atoms with E-state index < -0.39 is 12.1 Å². The molecule has 25 heavy (non-hydrogen) atoms. The Balaban J connectivity index is 5.29. The Morgan fingerprint density at radius 2 is 1.60 bits per heavy atom. The third kappa shape index (κ3) is 7.53. The largest absolute Gasteiger partial charge is 0.357 e. The van der Waals surface area contributed by atoms with Crippen molar-refractivity contribution in [1.29, 1.82) is 0 Å². The predicted octanol–water partition coefficient (Wildman–Crippen LogP) is -0.165. The van der Waals surface area contributed by atoms with E-state index in [1.165, 1.54) is 30.9 Å². The molecule has 1 unspecified atom stereocenters. The van der Waals surface area contributed by atoms with Gasteiger partial charge in [-0.3, -0.25) is 19.2 Å². The first-order valence-corrected chi connectivity index (χ1v) is 8.48. The maximum absolute atomic E-state index is 12.7. The molecule has 0 aliphatic heterocycles. The average Bonchev–Trinajstić information content (AvgIpc) is 2.55. The minimum atomic E-state index is -0.710. The van der Waals surface area contributed by atoms with E-state index in [0.717, 1.165) is 0 Å². The number of hydrogen-bond acceptors (Lipinski definition) is 4. The summed E-state index contributed by atoms with van der Waals surface area (Å²) in [6.07, 6.45) is 1.01. The summed E-state index contributed by atoms with van der Waals surface area (Å²) in [5.41, 5.74) is 0. The van der Waals surface area contributed by atoms with Crippen molar-refractivity contribution in [3.63, 3.8) is 0 Å². The van der Waals surface area contributed by atoms with Gasteiger partial charge in [-0.15, -0.1) is 0 Å². The first-order valence-electron chi connectivity index (χ1n) is 8.48. The minimum absolute atomic E-state index is 0.0918. The highest BCUT2D eigenvalue weighted by atomic mass is 16.2. The number of carbonyl (C=O) groups excluding carboxylic acids is 4. The maximum Gasteiger partial charge on any atom is 0.243 e. The average molecular weight is 356 g/mol. The fourth-order valence-corrected chi connectivity index (χ4v) is 2.36. The van der Waals surface area contributed by atoms with E-state index in [1.54, 1.807) is 0 Å². The van der Waals surface area contributed by atoms with Crippen LogP contribution >= 0.6 is 0 Å². The lowest BCUT2D eigenvalue weighted by atomic mass is 9.99. The Bertz CT molecular complexity index is 479. The molecule has 0 aromatic carbocycles. The number of rotatable bonds is 10. The van der Waals surface area contributed by atoms with Crippen LogP contribution in [0, 0.1) is 11.8 Å². The summed E-state index contributed by atoms with van der Waals surface area (Å²) in [5.74, 6) is -0.906. The van der Waals surface area contributed by atoms with E-state index in [0.29, 0.717) is 12.8 Å². The summed E-state index contributed by atoms with van der Waals surface area (Å²) in [6.45, 7) is 7.48. The van der Waals surface area contributed by atoms with Crippen molar-refractivity contribution < 1.29 is 19.2 Å². The van der Waals surface area contributed by atoms with Crippen LogP contribution in [0.4, 0.5) is 0 Å². The van der Waals surface area contributed by atoms with Crippen LogP contribution in [0.15, 0.2) is 0 Å². The molecule has 144 valence electrons. The summed E-state index contributed by atoms with van der Waals surface area (Å²) >= 11 is 0. The van der Waals surface area contributed by atoms with Crippen molar-refractivity contribution in [2.24, 2.45) is 11.8 Å². The molecule has 0 saturated heterocycles. The number of hydrogen-bond donors (Lipinski definition) is 2. The van der Waals surface area contributed by atoms with Crippen molar-refractivity contribution >= 4 is 24.1 Å². The Kier molecular flexibility index (Phi) is 9.78. The molecule has 2 N–H and O–H groups in total. The Labute approximate surface area is 150 Å². The highest BCUT2D eigenvalue weighted by Gasteiger charge is 2.31. The van der Waals surface area contributed by atoms with Gasteiger partial charge in [0.15, 0.2) is 0 Å². The zero-order valence-corrected chi connectivity index (χ0v) is 16.3. The summed E-state index contributed by atoms with van der Waals surface area (Å²) in [5, 5.41) is 5.29. The lowest BCUT2D eigenvalue weighted by Gasteiger charge is -2.31. The molecule has 8 heteroatoms. The van der Waals surface area contributed by atoms with Crippen molar-refractivity contribution in [1.82, 2.24) is 20.4 Å². The highest BCUT2D eigenvalue weighted by Crippen LogP contribution is 2.13. The monoisotopic (exact) mass is 356 g/mol. The number of carbonyl (C=O) groups is 4. The van der Waals surface area contributed by atoms with Gasteiger partial charge in [0, 0.05) is 21.1 Å². The first-order chi connectivity index (χ1) is 11.5. The molecule has 0 radical (unpaired) electrons. The predicted molar refractivity (Wildman–Crippen MR) is 95.5 cm³/mol. The van der Waals surface area contributed by atoms with E-state index in [4.69, 9.17) is 0 Å². The standard InChI is InChI=1S/C17H32N4O4/c1-11(2)8-13(21(7)14(23)9-20(6)10-22)16(24)19-15(12(3)4)17(25)18-5/h10-13,15H,8-9H2,1-7H3,(H,18,25)(H,19,24)/t13-,15?/m0/s1. The summed E-state index contributed by atoms with van der Waals surface area (Å²) in [7, 11) is 4.55. The zero-order valence-electron chi connectivity index (χ0n) is 16.3. The highest BCUT2D eigenvalue weighted by molar-refractivity contribution is 5.92. The number of likely N-dealkylation sites (N-methyl/N-ethyl adjacent to an activating group) is 3. The van der Waals surface area contributed by atoms with Gasteiger partial charge >= 0.3 is 0 Å². The van der Waals surface area contributed by atoms with Crippen molar-refractivity contribution in [3.05, 3.63) is 0 Å². The van der Waals surface area contributed by atoms with Gasteiger partial charge in [0.1, 0.15) is 12.1 Å². The molecule has 0 spiro atoms. The van der Waals surface area contributed by atoms with Gasteiger partial charge in [-0.05, 0) is 18.3 Å². The molecule has 0 aromatic rings. The first kappa shape index (κ1) is 22.9. The second-order valence-corrected chi connectivity index (χ2v) is 7.02. The van der Waals surface area contributed by atoms with Crippen LogP contribution < -0.4 is 10.6 Å². The van der Waals surface area contributed by atoms with Crippen molar-refractivity contribution in [2.45, 2.75) is 46.2 Å². The van der Waals surface area contributed by atoms with Gasteiger partial charge < -0.3 is 20.4 Å². The van der Waals surface area contributed by atoms with Gasteiger partial charge in [-0.2, -0.15) is 0 Å². The van der Waals surface area contributed by atoms with E-state index in [1.807, 2.05) is 27.7 Å². The number of amides is 4. The van der Waals surface area contributed by atoms with Gasteiger partial charge in [0.05, 0.1) is 6.54 Å². The summed E-state index contributed by atoms with van der Waals surface area (Å²) in [4.78, 5) is 50.3. The fourth-order valence-electron chi connectivity index (χ4n) is 2.36. The molecule has 2 atom stereocenters. The molecule has 0 aromatic heterocycles. The van der Waals surface area contributed by atoms with E-state index in [2.05, 4.69) is 10.6 Å². The van der Waals surface area contributed by atoms with Crippen LogP contribution in [-0.2, 0) is 19.2 Å². The van der Waals surface area contributed by atoms with Crippen LogP contribution in [0.1, 0.15) is 34.1 Å². The van der Waals surface area contributed by atoms with Gasteiger partial charge in [0.2, 0.25) is 24.1 Å². The van der Waals surface area contributed by atoms with Crippen molar-refractivity contribution in [2.75, 3.05) is 27.7 Å². The summed E-state index contributed by atoms with van der Waals surface area (Å²) < 4.78 is 0. The van der Waals surface area contributed by atoms with E-state index in [-0.39, 0.29) is 36.1 Å². The maximum atomic E-state index is 12.7. The quantitative estimate of drug-likeness (QED) is 0.531. The Hall–Kier alpha value is -2.12. The third-order valence-electron chi connectivity index (χ3n) is 3.92. The Morgan fingerprint density at radius 1 is 1.04 bits per heavy atom. The molecule has 0 fully saturated rings. The second kappa shape index (κ2) is 10.7. The molecular weight excluding hydrogens is 324 g/mol. The van der Waals surface area contributed by atoms with Crippen LogP contribution in [0.5, 0.6) is 0 Å². The van der Waals surface area contributed by atoms with Gasteiger partial charge in [-0.1, -0.05) is 27.7 Å². The number of nitrogens with one attached hydrogen (secondary N) is 2. The lowest BCUT2D eigenvalue weighted by Crippen LogP contribution is -2.56. The Morgan fingerprint density at radius 3 is 2.00 bits per heavy atom. The molecule has 0 heterocycles. The van der Waals surface area contributed by atoms with E-state index in [9.17, 15) is 19.2 Å². The van der Waals surface area contributed by atoms with Crippen molar-refractivity contribution in [3.8, 4) is 0 Å². The molecule has 0 rings (SSSR count). The molecule has 4 amide bonds. The number of nitrogens with zero attached hydrogens (tertiary/aromatic N) is 2. The lowest BCUT2D eigenvalue weighted by molar-refractivity contribution is -0.142. The van der Waals surface area contributed by atoms with E-state index >= 15 is 0 Å².